The van der Waals surface area contributed by atoms with Crippen LogP contribution in [0.5, 0.6) is 11.5 Å². The van der Waals surface area contributed by atoms with Crippen LogP contribution in [-0.4, -0.2) is 66.6 Å². The highest BCUT2D eigenvalue weighted by molar-refractivity contribution is 5.85. The van der Waals surface area contributed by atoms with Crippen LogP contribution >= 0.6 is 0 Å². The number of ether oxygens (including phenoxy) is 1. The van der Waals surface area contributed by atoms with Crippen molar-refractivity contribution in [3.8, 4) is 22.8 Å². The number of anilines is 1. The number of nitrogens with one attached hydrogen (secondary N) is 1. The highest BCUT2D eigenvalue weighted by Gasteiger charge is 2.23. The van der Waals surface area contributed by atoms with Gasteiger partial charge < -0.3 is 29.4 Å². The summed E-state index contributed by atoms with van der Waals surface area (Å²) >= 11 is 0. The minimum atomic E-state index is -0.182. The van der Waals surface area contributed by atoms with Gasteiger partial charge in [0, 0.05) is 51.3 Å². The van der Waals surface area contributed by atoms with E-state index in [4.69, 9.17) is 9.15 Å². The maximum absolute atomic E-state index is 12.7. The first-order valence-corrected chi connectivity index (χ1v) is 11.6. The number of aryl methyl sites for hydroxylation is 1. The number of carbonyl (C=O) groups is 2. The fourth-order valence-electron chi connectivity index (χ4n) is 4.10. The summed E-state index contributed by atoms with van der Waals surface area (Å²) in [5.74, 6) is 1.88. The van der Waals surface area contributed by atoms with Gasteiger partial charge in [-0.15, -0.1) is 0 Å². The van der Waals surface area contributed by atoms with Gasteiger partial charge in [-0.2, -0.15) is 0 Å². The lowest BCUT2D eigenvalue weighted by atomic mass is 10.1. The molecule has 2 aromatic carbocycles. The van der Waals surface area contributed by atoms with E-state index in [1.54, 1.807) is 37.3 Å². The summed E-state index contributed by atoms with van der Waals surface area (Å²) in [6.07, 6.45) is 2.65. The van der Waals surface area contributed by atoms with Crippen LogP contribution in [0, 0.1) is 6.92 Å². The Balaban J connectivity index is 1.33. The molecular weight excluding hydrogens is 448 g/mol. The average molecular weight is 479 g/mol. The first-order chi connectivity index (χ1) is 16.9. The van der Waals surface area contributed by atoms with Crippen LogP contribution in [0.15, 0.2) is 53.1 Å². The number of nitrogens with zero attached hydrogens (tertiary/aromatic N) is 3. The van der Waals surface area contributed by atoms with Crippen molar-refractivity contribution in [2.24, 2.45) is 0 Å². The fourth-order valence-corrected chi connectivity index (χ4v) is 4.10. The van der Waals surface area contributed by atoms with E-state index in [1.807, 2.05) is 30.3 Å². The first-order valence-electron chi connectivity index (χ1n) is 11.6. The summed E-state index contributed by atoms with van der Waals surface area (Å²) in [6, 6.07) is 12.7. The van der Waals surface area contributed by atoms with Gasteiger partial charge in [0.15, 0.2) is 11.7 Å². The van der Waals surface area contributed by atoms with Gasteiger partial charge in [0.05, 0.1) is 25.4 Å². The molecule has 0 saturated carbocycles. The number of aromatic hydroxyl groups is 1. The molecule has 3 aromatic rings. The molecule has 2 amide bonds. The number of benzene rings is 2. The van der Waals surface area contributed by atoms with Gasteiger partial charge in [-0.05, 0) is 36.2 Å². The molecule has 35 heavy (non-hydrogen) atoms. The molecule has 1 saturated heterocycles. The number of carbonyl (C=O) groups excluding carboxylic acids is 2. The molecule has 2 N–H and O–H groups in total. The molecule has 1 aliphatic rings. The van der Waals surface area contributed by atoms with E-state index < -0.39 is 0 Å². The highest BCUT2D eigenvalue weighted by atomic mass is 16.5. The third-order valence-electron chi connectivity index (χ3n) is 6.03. The molecule has 0 bridgehead atoms. The normalized spacial score (nSPS) is 14.1. The zero-order chi connectivity index (χ0) is 24.8. The highest BCUT2D eigenvalue weighted by Crippen LogP contribution is 2.34. The second kappa shape index (κ2) is 10.9. The number of phenolic OH excluding ortho intramolecular Hbond substituents is 1. The van der Waals surface area contributed by atoms with Gasteiger partial charge >= 0.3 is 0 Å². The fraction of sp³-hybridized carbons (Fsp3) is 0.346. The summed E-state index contributed by atoms with van der Waals surface area (Å²) in [5, 5.41) is 12.2. The van der Waals surface area contributed by atoms with Crippen LogP contribution in [0.3, 0.4) is 0 Å². The molecular formula is C26H30N4O5. The number of hydrogen-bond donors (Lipinski definition) is 2. The number of phenols is 1. The molecule has 2 heterocycles. The topological polar surface area (TPSA) is 108 Å². The van der Waals surface area contributed by atoms with Crippen molar-refractivity contribution in [1.29, 1.82) is 0 Å². The number of amides is 2. The molecule has 4 rings (SSSR count). The smallest absolute Gasteiger partial charge is 0.239 e. The van der Waals surface area contributed by atoms with Crippen molar-refractivity contribution >= 4 is 17.5 Å². The Bertz CT molecular complexity index is 1170. The predicted molar refractivity (Wildman–Crippen MR) is 131 cm³/mol. The Hall–Kier alpha value is -4.01. The Morgan fingerprint density at radius 1 is 1.17 bits per heavy atom. The summed E-state index contributed by atoms with van der Waals surface area (Å²) in [7, 11) is 1.61. The zero-order valence-electron chi connectivity index (χ0n) is 20.0. The van der Waals surface area contributed by atoms with Gasteiger partial charge in [-0.1, -0.05) is 12.1 Å². The standard InChI is InChI=1S/C26H30N4O5/c1-18-28-16-24(35-18)22-8-5-20(15-23(22)34-2)29-12-10-26(33)30(14-13-29)17-25(32)27-11-9-19-3-6-21(31)7-4-19/h3-8,15-16,31H,9-14,17H2,1-2H3,(H,27,32). The number of rotatable bonds is 8. The third kappa shape index (κ3) is 6.11. The Morgan fingerprint density at radius 3 is 2.69 bits per heavy atom. The lowest BCUT2D eigenvalue weighted by molar-refractivity contribution is -0.135. The lowest BCUT2D eigenvalue weighted by Crippen LogP contribution is -2.42. The van der Waals surface area contributed by atoms with Crippen molar-refractivity contribution in [3.63, 3.8) is 0 Å². The van der Waals surface area contributed by atoms with Gasteiger partial charge in [0.1, 0.15) is 11.5 Å². The molecule has 1 aliphatic heterocycles. The van der Waals surface area contributed by atoms with E-state index >= 15 is 0 Å². The van der Waals surface area contributed by atoms with Gasteiger partial charge in [0.2, 0.25) is 11.8 Å². The molecule has 1 aromatic heterocycles. The predicted octanol–water partition coefficient (Wildman–Crippen LogP) is 2.76. The maximum Gasteiger partial charge on any atom is 0.239 e. The molecule has 9 nitrogen and oxygen atoms in total. The van der Waals surface area contributed by atoms with E-state index in [-0.39, 0.29) is 24.1 Å². The van der Waals surface area contributed by atoms with Crippen LogP contribution in [0.2, 0.25) is 0 Å². The molecule has 0 aliphatic carbocycles. The van der Waals surface area contributed by atoms with Crippen molar-refractivity contribution in [1.82, 2.24) is 15.2 Å². The van der Waals surface area contributed by atoms with E-state index in [0.717, 1.165) is 16.8 Å². The van der Waals surface area contributed by atoms with E-state index in [0.29, 0.717) is 56.4 Å². The largest absolute Gasteiger partial charge is 0.508 e. The number of methoxy groups -OCH3 is 1. The first kappa shape index (κ1) is 24.1. The molecule has 0 radical (unpaired) electrons. The van der Waals surface area contributed by atoms with Crippen molar-refractivity contribution in [2.45, 2.75) is 19.8 Å². The van der Waals surface area contributed by atoms with E-state index in [2.05, 4.69) is 15.2 Å². The second-order valence-corrected chi connectivity index (χ2v) is 8.45. The summed E-state index contributed by atoms with van der Waals surface area (Å²) in [5.41, 5.74) is 2.77. The van der Waals surface area contributed by atoms with E-state index in [1.165, 1.54) is 0 Å². The number of hydrogen-bond acceptors (Lipinski definition) is 7. The van der Waals surface area contributed by atoms with Gasteiger partial charge in [0.25, 0.3) is 0 Å². The summed E-state index contributed by atoms with van der Waals surface area (Å²) < 4.78 is 11.2. The van der Waals surface area contributed by atoms with Crippen LogP contribution in [0.25, 0.3) is 11.3 Å². The van der Waals surface area contributed by atoms with Crippen LogP contribution in [0.1, 0.15) is 17.9 Å². The Morgan fingerprint density at radius 2 is 1.97 bits per heavy atom. The summed E-state index contributed by atoms with van der Waals surface area (Å²) in [6.45, 7) is 3.91. The van der Waals surface area contributed by atoms with Crippen LogP contribution < -0.4 is 15.0 Å². The zero-order valence-corrected chi connectivity index (χ0v) is 20.0. The van der Waals surface area contributed by atoms with Crippen molar-refractivity contribution < 1.29 is 23.8 Å². The molecule has 0 spiro atoms. The molecule has 0 unspecified atom stereocenters. The Labute approximate surface area is 204 Å². The maximum atomic E-state index is 12.7. The minimum absolute atomic E-state index is 0.0371. The van der Waals surface area contributed by atoms with Crippen LogP contribution in [-0.2, 0) is 16.0 Å². The molecule has 9 heteroatoms. The second-order valence-electron chi connectivity index (χ2n) is 8.45. The van der Waals surface area contributed by atoms with E-state index in [9.17, 15) is 14.7 Å². The number of aromatic nitrogens is 1. The van der Waals surface area contributed by atoms with Crippen molar-refractivity contribution in [2.75, 3.05) is 44.7 Å². The minimum Gasteiger partial charge on any atom is -0.508 e. The molecule has 184 valence electrons. The molecule has 1 fully saturated rings. The van der Waals surface area contributed by atoms with Crippen LogP contribution in [0.4, 0.5) is 5.69 Å². The average Bonchev–Trinajstić information content (AvgIpc) is 3.21. The Kier molecular flexibility index (Phi) is 7.54. The van der Waals surface area contributed by atoms with Gasteiger partial charge in [-0.3, -0.25) is 9.59 Å². The SMILES string of the molecule is COc1cc(N2CCC(=O)N(CC(=O)NCCc3ccc(O)cc3)CC2)ccc1-c1cnc(C)o1. The quantitative estimate of drug-likeness (QED) is 0.513. The summed E-state index contributed by atoms with van der Waals surface area (Å²) in [4.78, 5) is 33.0. The van der Waals surface area contributed by atoms with Crippen molar-refractivity contribution in [3.05, 3.63) is 60.1 Å². The number of oxazole rings is 1. The monoisotopic (exact) mass is 478 g/mol. The lowest BCUT2D eigenvalue weighted by Gasteiger charge is -2.24. The van der Waals surface area contributed by atoms with Gasteiger partial charge in [-0.25, -0.2) is 4.98 Å². The third-order valence-corrected chi connectivity index (χ3v) is 6.03. The molecule has 0 atom stereocenters.